The van der Waals surface area contributed by atoms with Crippen molar-refractivity contribution in [3.8, 4) is 0 Å². The number of fused-ring (bicyclic) bond motifs is 2. The molecule has 1 saturated heterocycles. The van der Waals surface area contributed by atoms with Crippen LogP contribution in [0.2, 0.25) is 10.0 Å². The quantitative estimate of drug-likeness (QED) is 0.207. The van der Waals surface area contributed by atoms with Crippen LogP contribution in [-0.4, -0.2) is 67.9 Å². The van der Waals surface area contributed by atoms with E-state index in [0.29, 0.717) is 26.9 Å². The molecule has 2 N–H and O–H groups in total. The highest BCUT2D eigenvalue weighted by atomic mass is 35.5. The van der Waals surface area contributed by atoms with E-state index in [1.165, 1.54) is 19.2 Å². The molecular weight excluding hydrogens is 545 g/mol. The zero-order valence-electron chi connectivity index (χ0n) is 23.4. The first-order chi connectivity index (χ1) is 19.4. The summed E-state index contributed by atoms with van der Waals surface area (Å²) in [5.41, 5.74) is 2.87. The molecule has 2 aromatic heterocycles. The molecule has 0 bridgehead atoms. The monoisotopic (exact) mass is 581 g/mol. The van der Waals surface area contributed by atoms with Crippen LogP contribution in [0.1, 0.15) is 75.1 Å². The fraction of sp³-hybridized carbons (Fsp3) is 0.467. The van der Waals surface area contributed by atoms with Gasteiger partial charge in [-0.1, -0.05) is 43.5 Å². The van der Waals surface area contributed by atoms with Crippen molar-refractivity contribution in [3.63, 3.8) is 0 Å². The van der Waals surface area contributed by atoms with E-state index in [9.17, 15) is 4.79 Å². The van der Waals surface area contributed by atoms with Crippen molar-refractivity contribution in [2.45, 2.75) is 65.0 Å². The topological polar surface area (TPSA) is 90.0 Å². The van der Waals surface area contributed by atoms with Crippen LogP contribution in [0.3, 0.4) is 0 Å². The van der Waals surface area contributed by atoms with Gasteiger partial charge in [0.05, 0.1) is 33.2 Å². The number of imidazole rings is 1. The lowest BCUT2D eigenvalue weighted by molar-refractivity contribution is 0.0547. The Kier molecular flexibility index (Phi) is 9.08. The molecule has 3 heterocycles. The van der Waals surface area contributed by atoms with Gasteiger partial charge in [-0.2, -0.15) is 0 Å². The van der Waals surface area contributed by atoms with Crippen molar-refractivity contribution in [1.29, 1.82) is 0 Å². The van der Waals surface area contributed by atoms with Gasteiger partial charge in [-0.15, -0.1) is 0 Å². The zero-order chi connectivity index (χ0) is 28.2. The number of aromatic nitrogens is 4. The number of likely N-dealkylation sites (N-methyl/N-ethyl adjacent to an activating group) is 1. The Balaban J connectivity index is 1.38. The van der Waals surface area contributed by atoms with Crippen LogP contribution in [0.5, 0.6) is 0 Å². The second-order valence-electron chi connectivity index (χ2n) is 10.6. The summed E-state index contributed by atoms with van der Waals surface area (Å²) in [5, 5.41) is 5.24. The highest BCUT2D eigenvalue weighted by Crippen LogP contribution is 2.31. The first kappa shape index (κ1) is 28.6. The van der Waals surface area contributed by atoms with Crippen molar-refractivity contribution in [1.82, 2.24) is 29.7 Å². The number of aromatic amines is 1. The number of hydrogen-bond donors (Lipinski definition) is 2. The fourth-order valence-electron chi connectivity index (χ4n) is 5.51. The number of rotatable bonds is 10. The minimum Gasteiger partial charge on any atom is -0.360 e. The number of nitrogens with zero attached hydrogens (tertiary/aromatic N) is 5. The van der Waals surface area contributed by atoms with Gasteiger partial charge in [0.2, 0.25) is 0 Å². The lowest BCUT2D eigenvalue weighted by atomic mass is 9.99. The average molecular weight is 583 g/mol. The lowest BCUT2D eigenvalue weighted by Crippen LogP contribution is -2.49. The van der Waals surface area contributed by atoms with Gasteiger partial charge in [0.25, 0.3) is 5.91 Å². The number of benzene rings is 2. The summed E-state index contributed by atoms with van der Waals surface area (Å²) in [6.45, 7) is 10.1. The second kappa shape index (κ2) is 12.7. The van der Waals surface area contributed by atoms with E-state index < -0.39 is 0 Å². The molecule has 1 aliphatic rings. The van der Waals surface area contributed by atoms with Gasteiger partial charge in [-0.05, 0) is 76.0 Å². The van der Waals surface area contributed by atoms with Crippen LogP contribution >= 0.6 is 23.2 Å². The van der Waals surface area contributed by atoms with E-state index in [0.717, 1.165) is 67.7 Å². The number of piperidine rings is 1. The number of halogens is 2. The molecule has 0 unspecified atom stereocenters. The zero-order valence-corrected chi connectivity index (χ0v) is 24.9. The molecule has 0 spiro atoms. The van der Waals surface area contributed by atoms with Gasteiger partial charge in [-0.25, -0.2) is 15.0 Å². The number of carbonyl (C=O) groups excluding carboxylic acids is 1. The molecule has 10 heteroatoms. The van der Waals surface area contributed by atoms with Gasteiger partial charge < -0.3 is 20.1 Å². The first-order valence-corrected chi connectivity index (χ1v) is 15.0. The first-order valence-electron chi connectivity index (χ1n) is 14.3. The Morgan fingerprint density at radius 2 is 2.02 bits per heavy atom. The minimum absolute atomic E-state index is 0.0226. The molecule has 2 atom stereocenters. The Labute approximate surface area is 245 Å². The van der Waals surface area contributed by atoms with Crippen molar-refractivity contribution < 1.29 is 4.79 Å². The van der Waals surface area contributed by atoms with Gasteiger partial charge in [0.15, 0.2) is 0 Å². The maximum atomic E-state index is 13.9. The Bertz CT molecular complexity index is 1490. The molecule has 1 aliphatic heterocycles. The van der Waals surface area contributed by atoms with Gasteiger partial charge >= 0.3 is 0 Å². The molecule has 0 saturated carbocycles. The molecule has 0 aliphatic carbocycles. The van der Waals surface area contributed by atoms with Crippen molar-refractivity contribution >= 4 is 56.9 Å². The van der Waals surface area contributed by atoms with Crippen LogP contribution in [-0.2, 0) is 0 Å². The number of unbranched alkanes of at least 4 members (excludes halogenated alkanes) is 1. The van der Waals surface area contributed by atoms with Gasteiger partial charge in [-0.3, -0.25) is 4.79 Å². The van der Waals surface area contributed by atoms with E-state index in [-0.39, 0.29) is 18.0 Å². The molecule has 212 valence electrons. The Morgan fingerprint density at radius 1 is 1.18 bits per heavy atom. The standard InChI is InChI=1S/C30H37Cl2N7O/c1-4-6-12-38(5-2)17-21-9-7-8-13-39(21)30(40)22-16-26-23(15-24(22)32)29(34-18-33-26)35-19(3)28-36-25-11-10-20(31)14-27(25)37-28/h10-11,14-16,18-19,21H,4-9,12-13,17H2,1-3H3,(H,36,37)(H,33,34,35)/t19-,21-/m0/s1. The Hall–Kier alpha value is -2.94. The van der Waals surface area contributed by atoms with Crippen LogP contribution in [0.4, 0.5) is 5.82 Å². The lowest BCUT2D eigenvalue weighted by Gasteiger charge is -2.39. The molecule has 1 fully saturated rings. The van der Waals surface area contributed by atoms with Crippen LogP contribution in [0, 0.1) is 0 Å². The minimum atomic E-state index is -0.173. The van der Waals surface area contributed by atoms with E-state index in [2.05, 4.69) is 44.0 Å². The molecular formula is C30H37Cl2N7O. The van der Waals surface area contributed by atoms with Crippen LogP contribution in [0.15, 0.2) is 36.7 Å². The van der Waals surface area contributed by atoms with E-state index in [4.69, 9.17) is 23.2 Å². The number of hydrogen-bond acceptors (Lipinski definition) is 6. The summed E-state index contributed by atoms with van der Waals surface area (Å²) in [5.74, 6) is 1.37. The SMILES string of the molecule is CCCCN(CC)C[C@@H]1CCCCN1C(=O)c1cc2ncnc(N[C@@H](C)c3nc4ccc(Cl)cc4[nH]3)c2cc1Cl. The predicted molar refractivity (Wildman–Crippen MR) is 163 cm³/mol. The largest absolute Gasteiger partial charge is 0.360 e. The maximum Gasteiger partial charge on any atom is 0.255 e. The number of amides is 1. The smallest absolute Gasteiger partial charge is 0.255 e. The Morgan fingerprint density at radius 3 is 2.83 bits per heavy atom. The number of H-pyrrole nitrogens is 1. The van der Waals surface area contributed by atoms with Crippen molar-refractivity contribution in [2.75, 3.05) is 31.5 Å². The van der Waals surface area contributed by atoms with Crippen molar-refractivity contribution in [2.24, 2.45) is 0 Å². The van der Waals surface area contributed by atoms with E-state index >= 15 is 0 Å². The van der Waals surface area contributed by atoms with Crippen LogP contribution < -0.4 is 5.32 Å². The second-order valence-corrected chi connectivity index (χ2v) is 11.5. The van der Waals surface area contributed by atoms with Crippen LogP contribution in [0.25, 0.3) is 21.9 Å². The maximum absolute atomic E-state index is 13.9. The summed E-state index contributed by atoms with van der Waals surface area (Å²) in [6.07, 6.45) is 7.02. The summed E-state index contributed by atoms with van der Waals surface area (Å²) >= 11 is 12.9. The molecule has 8 nitrogen and oxygen atoms in total. The number of nitrogens with one attached hydrogen (secondary N) is 2. The molecule has 4 aromatic rings. The molecule has 0 radical (unpaired) electrons. The third kappa shape index (κ3) is 6.19. The summed E-state index contributed by atoms with van der Waals surface area (Å²) < 4.78 is 0. The van der Waals surface area contributed by atoms with Gasteiger partial charge in [0, 0.05) is 29.5 Å². The number of carbonyl (C=O) groups is 1. The molecule has 5 rings (SSSR count). The molecule has 2 aromatic carbocycles. The normalized spacial score (nSPS) is 16.6. The predicted octanol–water partition coefficient (Wildman–Crippen LogP) is 7.10. The molecule has 40 heavy (non-hydrogen) atoms. The number of likely N-dealkylation sites (tertiary alicyclic amines) is 1. The summed E-state index contributed by atoms with van der Waals surface area (Å²) in [4.78, 5) is 35.3. The van der Waals surface area contributed by atoms with E-state index in [1.54, 1.807) is 12.1 Å². The average Bonchev–Trinajstić information content (AvgIpc) is 3.38. The van der Waals surface area contributed by atoms with Gasteiger partial charge in [0.1, 0.15) is 18.0 Å². The third-order valence-electron chi connectivity index (χ3n) is 7.81. The summed E-state index contributed by atoms with van der Waals surface area (Å²) in [6, 6.07) is 9.19. The summed E-state index contributed by atoms with van der Waals surface area (Å²) in [7, 11) is 0. The third-order valence-corrected chi connectivity index (χ3v) is 8.36. The number of anilines is 1. The van der Waals surface area contributed by atoms with E-state index in [1.807, 2.05) is 30.0 Å². The highest BCUT2D eigenvalue weighted by Gasteiger charge is 2.30. The highest BCUT2D eigenvalue weighted by molar-refractivity contribution is 6.35. The van der Waals surface area contributed by atoms with Crippen molar-refractivity contribution in [3.05, 3.63) is 58.1 Å². The fourth-order valence-corrected chi connectivity index (χ4v) is 5.92. The molecule has 1 amide bonds.